The quantitative estimate of drug-likeness (QED) is 0.900. The van der Waals surface area contributed by atoms with E-state index in [0.29, 0.717) is 18.5 Å². The highest BCUT2D eigenvalue weighted by atomic mass is 32.2. The predicted molar refractivity (Wildman–Crippen MR) is 83.9 cm³/mol. The van der Waals surface area contributed by atoms with E-state index in [-0.39, 0.29) is 17.3 Å². The average molecular weight is 369 g/mol. The van der Waals surface area contributed by atoms with Crippen molar-refractivity contribution in [1.29, 1.82) is 5.26 Å². The number of halogens is 3. The lowest BCUT2D eigenvalue weighted by atomic mass is 10.1. The molecule has 1 N–H and O–H groups in total. The van der Waals surface area contributed by atoms with Gasteiger partial charge >= 0.3 is 6.18 Å². The fourth-order valence-electron chi connectivity index (χ4n) is 2.54. The van der Waals surface area contributed by atoms with Gasteiger partial charge in [0.2, 0.25) is 10.0 Å². The number of hydrogen-bond acceptors (Lipinski definition) is 3. The molecule has 1 saturated carbocycles. The van der Waals surface area contributed by atoms with Crippen LogP contribution in [0.1, 0.15) is 24.1 Å². The van der Waals surface area contributed by atoms with Gasteiger partial charge in [0.25, 0.3) is 0 Å². The predicted octanol–water partition coefficient (Wildman–Crippen LogP) is 3.02. The highest BCUT2D eigenvalue weighted by molar-refractivity contribution is 7.89. The lowest BCUT2D eigenvalue weighted by Crippen LogP contribution is -2.28. The third kappa shape index (κ3) is 3.41. The van der Waals surface area contributed by atoms with Gasteiger partial charge in [0.05, 0.1) is 10.5 Å². The van der Waals surface area contributed by atoms with E-state index in [1.165, 1.54) is 22.8 Å². The van der Waals surface area contributed by atoms with Crippen molar-refractivity contribution in [3.05, 3.63) is 41.6 Å². The number of nitrogens with one attached hydrogen (secondary N) is 1. The Bertz CT molecular complexity index is 967. The smallest absolute Gasteiger partial charge is 0.335 e. The van der Waals surface area contributed by atoms with Crippen LogP contribution in [0, 0.1) is 11.3 Å². The first-order valence-electron chi connectivity index (χ1n) is 7.43. The minimum Gasteiger partial charge on any atom is -0.335 e. The van der Waals surface area contributed by atoms with Crippen LogP contribution in [0.15, 0.2) is 35.2 Å². The number of aromatic nitrogens is 1. The van der Waals surface area contributed by atoms with Gasteiger partial charge in [-0.05, 0) is 42.7 Å². The molecule has 1 aliphatic rings. The van der Waals surface area contributed by atoms with Crippen LogP contribution >= 0.6 is 0 Å². The normalized spacial score (nSPS) is 15.2. The number of rotatable bonds is 4. The Labute approximate surface area is 142 Å². The number of benzene rings is 1. The molecule has 25 heavy (non-hydrogen) atoms. The largest absolute Gasteiger partial charge is 0.417 e. The zero-order chi connectivity index (χ0) is 18.4. The van der Waals surface area contributed by atoms with Crippen molar-refractivity contribution in [3.63, 3.8) is 0 Å². The van der Waals surface area contributed by atoms with Gasteiger partial charge in [0.15, 0.2) is 0 Å². The van der Waals surface area contributed by atoms with Crippen LogP contribution in [-0.2, 0) is 23.2 Å². The molecule has 3 rings (SSSR count). The van der Waals surface area contributed by atoms with Crippen LogP contribution in [0.4, 0.5) is 13.2 Å². The summed E-state index contributed by atoms with van der Waals surface area (Å²) < 4.78 is 68.6. The lowest BCUT2D eigenvalue weighted by molar-refractivity contribution is -0.139. The molecule has 0 amide bonds. The summed E-state index contributed by atoms with van der Waals surface area (Å²) in [5, 5.41) is 8.96. The van der Waals surface area contributed by atoms with E-state index in [1.807, 2.05) is 6.07 Å². The maximum atomic E-state index is 13.4. The molecule has 9 heteroatoms. The summed E-state index contributed by atoms with van der Waals surface area (Å²) in [6.45, 7) is 0. The summed E-state index contributed by atoms with van der Waals surface area (Å²) >= 11 is 0. The summed E-state index contributed by atoms with van der Waals surface area (Å²) in [5.74, 6) is 0. The second-order valence-electron chi connectivity index (χ2n) is 5.88. The Morgan fingerprint density at radius 2 is 1.92 bits per heavy atom. The van der Waals surface area contributed by atoms with Crippen LogP contribution in [-0.4, -0.2) is 19.0 Å². The van der Waals surface area contributed by atoms with E-state index in [0.717, 1.165) is 12.1 Å². The first-order valence-corrected chi connectivity index (χ1v) is 8.91. The molecule has 1 aromatic heterocycles. The van der Waals surface area contributed by atoms with E-state index in [2.05, 4.69) is 4.72 Å². The fourth-order valence-corrected chi connectivity index (χ4v) is 4.06. The van der Waals surface area contributed by atoms with Gasteiger partial charge in [0, 0.05) is 18.8 Å². The van der Waals surface area contributed by atoms with Crippen molar-refractivity contribution < 1.29 is 21.6 Å². The second kappa shape index (κ2) is 5.89. The van der Waals surface area contributed by atoms with E-state index in [9.17, 15) is 21.6 Å². The van der Waals surface area contributed by atoms with Crippen molar-refractivity contribution >= 4 is 10.0 Å². The van der Waals surface area contributed by atoms with E-state index < -0.39 is 26.7 Å². The van der Waals surface area contributed by atoms with E-state index in [4.69, 9.17) is 5.26 Å². The van der Waals surface area contributed by atoms with Gasteiger partial charge in [-0.15, -0.1) is 0 Å². The molecular formula is C16H14F3N3O2S. The maximum Gasteiger partial charge on any atom is 0.417 e. The highest BCUT2D eigenvalue weighted by Gasteiger charge is 2.39. The molecule has 0 bridgehead atoms. The lowest BCUT2D eigenvalue weighted by Gasteiger charge is -2.16. The number of nitriles is 1. The molecule has 1 fully saturated rings. The first kappa shape index (κ1) is 17.5. The van der Waals surface area contributed by atoms with Crippen molar-refractivity contribution in [2.24, 2.45) is 7.05 Å². The molecular weight excluding hydrogens is 355 g/mol. The Morgan fingerprint density at radius 1 is 1.24 bits per heavy atom. The third-order valence-electron chi connectivity index (χ3n) is 4.01. The van der Waals surface area contributed by atoms with E-state index in [1.54, 1.807) is 7.05 Å². The zero-order valence-corrected chi connectivity index (χ0v) is 13.9. The molecule has 0 radical (unpaired) electrons. The van der Waals surface area contributed by atoms with Crippen LogP contribution < -0.4 is 4.72 Å². The van der Waals surface area contributed by atoms with Gasteiger partial charge in [0.1, 0.15) is 11.8 Å². The monoisotopic (exact) mass is 369 g/mol. The number of nitrogens with zero attached hydrogens (tertiary/aromatic N) is 2. The van der Waals surface area contributed by atoms with Gasteiger partial charge in [-0.2, -0.15) is 18.4 Å². The molecule has 1 heterocycles. The molecule has 0 unspecified atom stereocenters. The minimum absolute atomic E-state index is 0.182. The minimum atomic E-state index is -4.83. The fraction of sp³-hybridized carbons (Fsp3) is 0.312. The Hall–Kier alpha value is -2.31. The summed E-state index contributed by atoms with van der Waals surface area (Å²) in [4.78, 5) is -0.787. The topological polar surface area (TPSA) is 74.9 Å². The van der Waals surface area contributed by atoms with Crippen molar-refractivity contribution in [3.8, 4) is 17.3 Å². The maximum absolute atomic E-state index is 13.4. The molecule has 2 aromatic rings. The SMILES string of the molecule is Cn1c(C#N)ccc1-c1ccc(S(=O)(=O)NC2CC2)c(C(F)(F)F)c1. The van der Waals surface area contributed by atoms with Crippen molar-refractivity contribution in [1.82, 2.24) is 9.29 Å². The molecule has 132 valence electrons. The van der Waals surface area contributed by atoms with Gasteiger partial charge in [-0.25, -0.2) is 13.1 Å². The zero-order valence-electron chi connectivity index (χ0n) is 13.1. The van der Waals surface area contributed by atoms with Crippen molar-refractivity contribution in [2.45, 2.75) is 30.0 Å². The molecule has 0 spiro atoms. The Morgan fingerprint density at radius 3 is 2.44 bits per heavy atom. The Kier molecular flexibility index (Phi) is 4.13. The van der Waals surface area contributed by atoms with Gasteiger partial charge in [-0.3, -0.25) is 0 Å². The highest BCUT2D eigenvalue weighted by Crippen LogP contribution is 2.37. The average Bonchev–Trinajstić information content (AvgIpc) is 3.25. The molecule has 5 nitrogen and oxygen atoms in total. The molecule has 1 aromatic carbocycles. The van der Waals surface area contributed by atoms with Crippen LogP contribution in [0.25, 0.3) is 11.3 Å². The number of hydrogen-bond donors (Lipinski definition) is 1. The molecule has 0 saturated heterocycles. The van der Waals surface area contributed by atoms with Crippen molar-refractivity contribution in [2.75, 3.05) is 0 Å². The molecule has 1 aliphatic carbocycles. The van der Waals surface area contributed by atoms with E-state index >= 15 is 0 Å². The van der Waals surface area contributed by atoms with Crippen LogP contribution in [0.3, 0.4) is 0 Å². The van der Waals surface area contributed by atoms with Gasteiger partial charge < -0.3 is 4.57 Å². The molecule has 0 atom stereocenters. The summed E-state index contributed by atoms with van der Waals surface area (Å²) in [6, 6.07) is 7.72. The van der Waals surface area contributed by atoms with Crippen LogP contribution in [0.2, 0.25) is 0 Å². The van der Waals surface area contributed by atoms with Crippen LogP contribution in [0.5, 0.6) is 0 Å². The second-order valence-corrected chi connectivity index (χ2v) is 7.56. The Balaban J connectivity index is 2.13. The third-order valence-corrected chi connectivity index (χ3v) is 5.58. The summed E-state index contributed by atoms with van der Waals surface area (Å²) in [7, 11) is -2.69. The first-order chi connectivity index (χ1) is 11.6. The summed E-state index contributed by atoms with van der Waals surface area (Å²) in [6.07, 6.45) is -3.58. The molecule has 0 aliphatic heterocycles. The number of alkyl halides is 3. The van der Waals surface area contributed by atoms with Gasteiger partial charge in [-0.1, -0.05) is 6.07 Å². The summed E-state index contributed by atoms with van der Waals surface area (Å²) in [5.41, 5.74) is -0.364. The number of sulfonamides is 1. The standard InChI is InChI=1S/C16H14F3N3O2S/c1-22-12(9-20)5-6-14(22)10-2-7-15(13(8-10)16(17,18)19)25(23,24)21-11-3-4-11/h2,5-8,11,21H,3-4H2,1H3.